The van der Waals surface area contributed by atoms with Gasteiger partial charge in [0.15, 0.2) is 0 Å². The number of amides is 1. The second-order valence-electron chi connectivity index (χ2n) is 7.67. The molecule has 3 aromatic rings. The summed E-state index contributed by atoms with van der Waals surface area (Å²) in [5.74, 6) is 0.673. The van der Waals surface area contributed by atoms with E-state index in [-0.39, 0.29) is 5.91 Å². The summed E-state index contributed by atoms with van der Waals surface area (Å²) in [5.41, 5.74) is 1.59. The van der Waals surface area contributed by atoms with Gasteiger partial charge in [-0.1, -0.05) is 48.5 Å². The Morgan fingerprint density at radius 3 is 2.28 bits per heavy atom. The Kier molecular flexibility index (Phi) is 6.82. The maximum atomic E-state index is 12.9. The molecule has 0 aliphatic carbocycles. The first kappa shape index (κ1) is 22.0. The maximum Gasteiger partial charge on any atom is 0.243 e. The Labute approximate surface area is 188 Å². The lowest BCUT2D eigenvalue weighted by Gasteiger charge is -2.23. The van der Waals surface area contributed by atoms with E-state index in [9.17, 15) is 13.2 Å². The number of hydrogen-bond acceptors (Lipinski definition) is 5. The molecule has 1 saturated heterocycles. The summed E-state index contributed by atoms with van der Waals surface area (Å²) in [4.78, 5) is 19.1. The van der Waals surface area contributed by atoms with E-state index in [0.717, 1.165) is 11.4 Å². The minimum Gasteiger partial charge on any atom is -0.355 e. The van der Waals surface area contributed by atoms with Crippen molar-refractivity contribution in [3.05, 3.63) is 84.6 Å². The highest BCUT2D eigenvalue weighted by Gasteiger charge is 2.27. The maximum absolute atomic E-state index is 12.9. The summed E-state index contributed by atoms with van der Waals surface area (Å²) in [6, 6.07) is 21.8. The van der Waals surface area contributed by atoms with Crippen molar-refractivity contribution in [2.45, 2.75) is 17.7 Å². The molecule has 0 radical (unpaired) electrons. The fourth-order valence-corrected chi connectivity index (χ4v) is 5.23. The number of sulfonamides is 1. The van der Waals surface area contributed by atoms with Crippen LogP contribution in [0.1, 0.15) is 12.0 Å². The minimum absolute atomic E-state index is 0.0951. The molecule has 32 heavy (non-hydrogen) atoms. The van der Waals surface area contributed by atoms with Crippen molar-refractivity contribution in [3.63, 3.8) is 0 Å². The molecule has 8 heteroatoms. The topological polar surface area (TPSA) is 82.6 Å². The van der Waals surface area contributed by atoms with Gasteiger partial charge in [0, 0.05) is 26.2 Å². The summed E-state index contributed by atoms with van der Waals surface area (Å²) < 4.78 is 27.4. The number of benzene rings is 2. The Hall–Kier alpha value is -3.23. The molecule has 1 fully saturated rings. The fourth-order valence-electron chi connectivity index (χ4n) is 3.74. The number of hydrogen-bond donors (Lipinski definition) is 1. The second kappa shape index (κ2) is 9.93. The molecule has 1 aromatic heterocycles. The lowest BCUT2D eigenvalue weighted by Crippen LogP contribution is -2.35. The molecule has 0 saturated carbocycles. The molecule has 0 spiro atoms. The monoisotopic (exact) mass is 450 g/mol. The quantitative estimate of drug-likeness (QED) is 0.624. The van der Waals surface area contributed by atoms with Crippen LogP contribution in [-0.2, 0) is 21.2 Å². The minimum atomic E-state index is -3.50. The molecular formula is C24H26N4O3S. The summed E-state index contributed by atoms with van der Waals surface area (Å²) in [6.07, 6.45) is 2.66. The Morgan fingerprint density at radius 2 is 1.59 bits per heavy atom. The Bertz CT molecular complexity index is 1140. The van der Waals surface area contributed by atoms with Gasteiger partial charge >= 0.3 is 0 Å². The second-order valence-corrected chi connectivity index (χ2v) is 9.61. The smallest absolute Gasteiger partial charge is 0.243 e. The predicted octanol–water partition coefficient (Wildman–Crippen LogP) is 3.16. The van der Waals surface area contributed by atoms with Crippen LogP contribution in [0.15, 0.2) is 83.9 Å². The third kappa shape index (κ3) is 5.33. The van der Waals surface area contributed by atoms with Crippen molar-refractivity contribution in [1.82, 2.24) is 9.29 Å². The number of aromatic nitrogens is 1. The van der Waals surface area contributed by atoms with Crippen molar-refractivity contribution < 1.29 is 13.2 Å². The highest BCUT2D eigenvalue weighted by atomic mass is 32.2. The molecule has 166 valence electrons. The summed E-state index contributed by atoms with van der Waals surface area (Å²) in [6.45, 7) is 2.14. The first-order valence-corrected chi connectivity index (χ1v) is 12.1. The molecule has 1 aliphatic heterocycles. The van der Waals surface area contributed by atoms with Crippen LogP contribution in [0.3, 0.4) is 0 Å². The van der Waals surface area contributed by atoms with Crippen LogP contribution in [-0.4, -0.2) is 49.8 Å². The van der Waals surface area contributed by atoms with Gasteiger partial charge in [-0.15, -0.1) is 0 Å². The standard InChI is InChI=1S/C24H26N4O3S/c29-24(18-20-8-3-1-4-9-20)26-21-12-13-23(25-19-21)27-14-7-15-28(17-16-27)32(30,31)22-10-5-2-6-11-22/h1-6,8-13,19H,7,14-18H2,(H,26,29). The van der Waals surface area contributed by atoms with Gasteiger partial charge in [0.1, 0.15) is 5.82 Å². The van der Waals surface area contributed by atoms with Gasteiger partial charge in [0.05, 0.1) is 23.2 Å². The number of anilines is 2. The van der Waals surface area contributed by atoms with Crippen molar-refractivity contribution >= 4 is 27.4 Å². The summed E-state index contributed by atoms with van der Waals surface area (Å²) in [5, 5.41) is 2.87. The number of nitrogens with one attached hydrogen (secondary N) is 1. The van der Waals surface area contributed by atoms with E-state index >= 15 is 0 Å². The fraction of sp³-hybridized carbons (Fsp3) is 0.250. The third-order valence-electron chi connectivity index (χ3n) is 5.40. The van der Waals surface area contributed by atoms with E-state index < -0.39 is 10.0 Å². The normalized spacial score (nSPS) is 15.2. The molecule has 4 rings (SSSR count). The molecule has 1 amide bonds. The molecule has 2 heterocycles. The summed E-state index contributed by atoms with van der Waals surface area (Å²) in [7, 11) is -3.50. The molecule has 2 aromatic carbocycles. The average molecular weight is 451 g/mol. The van der Waals surface area contributed by atoms with Gasteiger partial charge < -0.3 is 10.2 Å². The van der Waals surface area contributed by atoms with Crippen LogP contribution in [0.2, 0.25) is 0 Å². The van der Waals surface area contributed by atoms with Crippen molar-refractivity contribution in [2.24, 2.45) is 0 Å². The van der Waals surface area contributed by atoms with E-state index in [2.05, 4.69) is 15.2 Å². The molecule has 7 nitrogen and oxygen atoms in total. The van der Waals surface area contributed by atoms with Crippen LogP contribution in [0.4, 0.5) is 11.5 Å². The van der Waals surface area contributed by atoms with Crippen molar-refractivity contribution in [1.29, 1.82) is 0 Å². The van der Waals surface area contributed by atoms with Crippen molar-refractivity contribution in [2.75, 3.05) is 36.4 Å². The zero-order chi connectivity index (χ0) is 22.4. The predicted molar refractivity (Wildman–Crippen MR) is 125 cm³/mol. The van der Waals surface area contributed by atoms with Gasteiger partial charge in [-0.25, -0.2) is 13.4 Å². The molecule has 1 N–H and O–H groups in total. The van der Waals surface area contributed by atoms with Gasteiger partial charge in [-0.3, -0.25) is 4.79 Å². The van der Waals surface area contributed by atoms with Gasteiger partial charge in [-0.2, -0.15) is 4.31 Å². The SMILES string of the molecule is O=C(Cc1ccccc1)Nc1ccc(N2CCCN(S(=O)(=O)c3ccccc3)CC2)nc1. The average Bonchev–Trinajstić information content (AvgIpc) is 3.08. The zero-order valence-electron chi connectivity index (χ0n) is 17.7. The van der Waals surface area contributed by atoms with E-state index in [0.29, 0.717) is 49.6 Å². The Morgan fingerprint density at radius 1 is 0.875 bits per heavy atom. The van der Waals surface area contributed by atoms with Gasteiger partial charge in [-0.05, 0) is 36.2 Å². The highest BCUT2D eigenvalue weighted by molar-refractivity contribution is 7.89. The molecule has 1 aliphatic rings. The number of carbonyl (C=O) groups excluding carboxylic acids is 1. The highest BCUT2D eigenvalue weighted by Crippen LogP contribution is 2.20. The van der Waals surface area contributed by atoms with Crippen LogP contribution in [0, 0.1) is 0 Å². The number of carbonyl (C=O) groups is 1. The largest absolute Gasteiger partial charge is 0.355 e. The molecule has 0 bridgehead atoms. The Balaban J connectivity index is 1.36. The number of pyridine rings is 1. The first-order valence-electron chi connectivity index (χ1n) is 10.6. The lowest BCUT2D eigenvalue weighted by atomic mass is 10.1. The molecule has 0 atom stereocenters. The lowest BCUT2D eigenvalue weighted by molar-refractivity contribution is -0.115. The van der Waals surface area contributed by atoms with Gasteiger partial charge in [0.25, 0.3) is 0 Å². The van der Waals surface area contributed by atoms with E-state index in [1.165, 1.54) is 0 Å². The number of rotatable bonds is 6. The van der Waals surface area contributed by atoms with E-state index in [1.807, 2.05) is 48.5 Å². The third-order valence-corrected chi connectivity index (χ3v) is 7.31. The van der Waals surface area contributed by atoms with E-state index in [1.54, 1.807) is 34.8 Å². The molecular weight excluding hydrogens is 424 g/mol. The first-order chi connectivity index (χ1) is 15.5. The van der Waals surface area contributed by atoms with Gasteiger partial charge in [0.2, 0.25) is 15.9 Å². The number of nitrogens with zero attached hydrogens (tertiary/aromatic N) is 3. The molecule has 0 unspecified atom stereocenters. The van der Waals surface area contributed by atoms with Crippen LogP contribution < -0.4 is 10.2 Å². The van der Waals surface area contributed by atoms with Crippen molar-refractivity contribution in [3.8, 4) is 0 Å². The van der Waals surface area contributed by atoms with Crippen LogP contribution in [0.25, 0.3) is 0 Å². The zero-order valence-corrected chi connectivity index (χ0v) is 18.5. The van der Waals surface area contributed by atoms with E-state index in [4.69, 9.17) is 0 Å². The summed E-state index contributed by atoms with van der Waals surface area (Å²) >= 11 is 0. The van der Waals surface area contributed by atoms with Crippen LogP contribution >= 0.6 is 0 Å². The van der Waals surface area contributed by atoms with Crippen LogP contribution in [0.5, 0.6) is 0 Å².